The number of carbonyl (C=O) groups is 2. The van der Waals surface area contributed by atoms with Crippen LogP contribution in [-0.2, 0) is 0 Å². The summed E-state index contributed by atoms with van der Waals surface area (Å²) in [6.45, 7) is 0. The molecule has 0 saturated carbocycles. The summed E-state index contributed by atoms with van der Waals surface area (Å²) in [6, 6.07) is 9.92. The van der Waals surface area contributed by atoms with Gasteiger partial charge in [0.1, 0.15) is 5.56 Å². The van der Waals surface area contributed by atoms with E-state index in [4.69, 9.17) is 16.0 Å². The molecule has 7 heteroatoms. The molecule has 1 amide bonds. The van der Waals surface area contributed by atoms with Gasteiger partial charge in [0.2, 0.25) is 0 Å². The molecule has 0 spiro atoms. The third-order valence-electron chi connectivity index (χ3n) is 3.10. The van der Waals surface area contributed by atoms with Crippen molar-refractivity contribution < 1.29 is 19.1 Å². The van der Waals surface area contributed by atoms with Crippen LogP contribution in [0.5, 0.6) is 0 Å². The van der Waals surface area contributed by atoms with Crippen LogP contribution in [0.2, 0.25) is 5.02 Å². The number of thiophene rings is 1. The standard InChI is InChI=1S/C16H10ClNO4S/c17-10-5-3-9(4-6-10)14-13(16(20)21)11(8-23-14)18-15(19)12-2-1-7-22-12/h1-8H,(H,18,19)(H,20,21). The highest BCUT2D eigenvalue weighted by Crippen LogP contribution is 2.36. The molecule has 0 saturated heterocycles. The molecule has 116 valence electrons. The number of aromatic carboxylic acids is 1. The summed E-state index contributed by atoms with van der Waals surface area (Å²) in [5.74, 6) is -1.51. The molecule has 2 heterocycles. The van der Waals surface area contributed by atoms with Gasteiger partial charge in [-0.3, -0.25) is 4.79 Å². The van der Waals surface area contributed by atoms with Gasteiger partial charge >= 0.3 is 5.97 Å². The lowest BCUT2D eigenvalue weighted by atomic mass is 10.1. The maximum atomic E-state index is 12.0. The summed E-state index contributed by atoms with van der Waals surface area (Å²) < 4.78 is 5.00. The predicted molar refractivity (Wildman–Crippen MR) is 88.4 cm³/mol. The maximum Gasteiger partial charge on any atom is 0.339 e. The van der Waals surface area contributed by atoms with Crippen molar-refractivity contribution in [3.8, 4) is 10.4 Å². The van der Waals surface area contributed by atoms with Gasteiger partial charge in [-0.2, -0.15) is 0 Å². The molecular weight excluding hydrogens is 338 g/mol. The van der Waals surface area contributed by atoms with E-state index in [1.54, 1.807) is 35.7 Å². The monoisotopic (exact) mass is 347 g/mol. The second-order valence-corrected chi connectivity index (χ2v) is 5.91. The van der Waals surface area contributed by atoms with E-state index in [-0.39, 0.29) is 17.0 Å². The highest BCUT2D eigenvalue weighted by molar-refractivity contribution is 7.14. The third-order valence-corrected chi connectivity index (χ3v) is 4.39. The second-order valence-electron chi connectivity index (χ2n) is 4.60. The Morgan fingerprint density at radius 3 is 2.52 bits per heavy atom. The number of hydrogen-bond acceptors (Lipinski definition) is 4. The first-order chi connectivity index (χ1) is 11.1. The molecule has 1 aromatic carbocycles. The Morgan fingerprint density at radius 2 is 1.91 bits per heavy atom. The zero-order chi connectivity index (χ0) is 16.4. The minimum atomic E-state index is -1.12. The number of carbonyl (C=O) groups excluding carboxylic acids is 1. The topological polar surface area (TPSA) is 79.5 Å². The molecule has 0 fully saturated rings. The molecule has 0 aliphatic carbocycles. The molecule has 23 heavy (non-hydrogen) atoms. The van der Waals surface area contributed by atoms with Gasteiger partial charge in [0.15, 0.2) is 5.76 Å². The number of rotatable bonds is 4. The van der Waals surface area contributed by atoms with E-state index >= 15 is 0 Å². The molecule has 0 radical (unpaired) electrons. The van der Waals surface area contributed by atoms with Crippen LogP contribution in [0.3, 0.4) is 0 Å². The number of anilines is 1. The number of carboxylic acids is 1. The first-order valence-corrected chi connectivity index (χ1v) is 7.77. The first-order valence-electron chi connectivity index (χ1n) is 6.52. The fourth-order valence-electron chi connectivity index (χ4n) is 2.07. The Bertz CT molecular complexity index is 853. The summed E-state index contributed by atoms with van der Waals surface area (Å²) in [5, 5.41) is 14.2. The third kappa shape index (κ3) is 3.13. The largest absolute Gasteiger partial charge is 0.478 e. The van der Waals surface area contributed by atoms with Crippen molar-refractivity contribution in [1.82, 2.24) is 0 Å². The number of nitrogens with one attached hydrogen (secondary N) is 1. The summed E-state index contributed by atoms with van der Waals surface area (Å²) in [4.78, 5) is 24.2. The molecule has 0 aliphatic heterocycles. The molecule has 0 unspecified atom stereocenters. The number of benzene rings is 1. The minimum Gasteiger partial charge on any atom is -0.478 e. The number of furan rings is 1. The lowest BCUT2D eigenvalue weighted by molar-refractivity contribution is 0.0699. The van der Waals surface area contributed by atoms with Crippen LogP contribution in [0.4, 0.5) is 5.69 Å². The normalized spacial score (nSPS) is 10.5. The van der Waals surface area contributed by atoms with Crippen molar-refractivity contribution in [2.24, 2.45) is 0 Å². The highest BCUT2D eigenvalue weighted by atomic mass is 35.5. The van der Waals surface area contributed by atoms with Gasteiger partial charge in [0, 0.05) is 10.4 Å². The van der Waals surface area contributed by atoms with Gasteiger partial charge in [-0.15, -0.1) is 11.3 Å². The van der Waals surface area contributed by atoms with E-state index in [1.807, 2.05) is 0 Å². The summed E-state index contributed by atoms with van der Waals surface area (Å²) in [6.07, 6.45) is 1.37. The zero-order valence-electron chi connectivity index (χ0n) is 11.6. The van der Waals surface area contributed by atoms with Gasteiger partial charge in [-0.25, -0.2) is 4.79 Å². The van der Waals surface area contributed by atoms with E-state index in [1.165, 1.54) is 23.7 Å². The lowest BCUT2D eigenvalue weighted by Crippen LogP contribution is -2.13. The Hall–Kier alpha value is -2.57. The molecule has 0 atom stereocenters. The van der Waals surface area contributed by atoms with Gasteiger partial charge in [-0.1, -0.05) is 23.7 Å². The van der Waals surface area contributed by atoms with Crippen LogP contribution >= 0.6 is 22.9 Å². The van der Waals surface area contributed by atoms with Crippen LogP contribution in [0.1, 0.15) is 20.9 Å². The SMILES string of the molecule is O=C(Nc1csc(-c2ccc(Cl)cc2)c1C(=O)O)c1ccco1. The molecule has 5 nitrogen and oxygen atoms in total. The van der Waals surface area contributed by atoms with Gasteiger partial charge < -0.3 is 14.8 Å². The van der Waals surface area contributed by atoms with Crippen molar-refractivity contribution in [1.29, 1.82) is 0 Å². The molecule has 3 rings (SSSR count). The predicted octanol–water partition coefficient (Wildman–Crippen LogP) is 4.61. The average Bonchev–Trinajstić information content (AvgIpc) is 3.17. The van der Waals surface area contributed by atoms with Crippen LogP contribution in [0.15, 0.2) is 52.5 Å². The average molecular weight is 348 g/mol. The molecule has 3 aromatic rings. The maximum absolute atomic E-state index is 12.0. The Kier molecular flexibility index (Phi) is 4.18. The van der Waals surface area contributed by atoms with Gasteiger partial charge in [0.25, 0.3) is 5.91 Å². The first kappa shape index (κ1) is 15.3. The zero-order valence-corrected chi connectivity index (χ0v) is 13.1. The van der Waals surface area contributed by atoms with E-state index in [0.717, 1.165) is 5.56 Å². The van der Waals surface area contributed by atoms with Crippen LogP contribution < -0.4 is 5.32 Å². The number of carboxylic acid groups (broad SMARTS) is 1. The van der Waals surface area contributed by atoms with E-state index in [9.17, 15) is 14.7 Å². The van der Waals surface area contributed by atoms with Crippen molar-refractivity contribution in [2.75, 3.05) is 5.32 Å². The Balaban J connectivity index is 1.97. The van der Waals surface area contributed by atoms with Gasteiger partial charge in [0.05, 0.1) is 16.8 Å². The van der Waals surface area contributed by atoms with E-state index < -0.39 is 11.9 Å². The molecule has 0 bridgehead atoms. The number of amides is 1. The molecule has 0 aliphatic rings. The molecule has 2 aromatic heterocycles. The fraction of sp³-hybridized carbons (Fsp3) is 0. The van der Waals surface area contributed by atoms with E-state index in [2.05, 4.69) is 5.32 Å². The number of halogens is 1. The molecule has 2 N–H and O–H groups in total. The van der Waals surface area contributed by atoms with Crippen LogP contribution in [-0.4, -0.2) is 17.0 Å². The summed E-state index contributed by atoms with van der Waals surface area (Å²) >= 11 is 7.09. The number of hydrogen-bond donors (Lipinski definition) is 2. The van der Waals surface area contributed by atoms with Crippen molar-refractivity contribution in [2.45, 2.75) is 0 Å². The minimum absolute atomic E-state index is 0.0391. The lowest BCUT2D eigenvalue weighted by Gasteiger charge is -2.05. The fourth-order valence-corrected chi connectivity index (χ4v) is 3.19. The van der Waals surface area contributed by atoms with Crippen LogP contribution in [0.25, 0.3) is 10.4 Å². The quantitative estimate of drug-likeness (QED) is 0.722. The molecular formula is C16H10ClNO4S. The van der Waals surface area contributed by atoms with Gasteiger partial charge in [-0.05, 0) is 29.8 Å². The van der Waals surface area contributed by atoms with Crippen molar-refractivity contribution in [3.63, 3.8) is 0 Å². The summed E-state index contributed by atoms with van der Waals surface area (Å²) in [7, 11) is 0. The smallest absolute Gasteiger partial charge is 0.339 e. The Labute approximate surface area is 140 Å². The van der Waals surface area contributed by atoms with Crippen LogP contribution in [0, 0.1) is 0 Å². The Morgan fingerprint density at radius 1 is 1.17 bits per heavy atom. The van der Waals surface area contributed by atoms with E-state index in [0.29, 0.717) is 9.90 Å². The van der Waals surface area contributed by atoms with Crippen molar-refractivity contribution in [3.05, 3.63) is 64.4 Å². The summed E-state index contributed by atoms with van der Waals surface area (Å²) in [5.41, 5.74) is 0.987. The highest BCUT2D eigenvalue weighted by Gasteiger charge is 2.22. The van der Waals surface area contributed by atoms with Crippen molar-refractivity contribution >= 4 is 40.5 Å². The second kappa shape index (κ2) is 6.28.